The van der Waals surface area contributed by atoms with E-state index in [1.807, 2.05) is 60.8 Å². The first-order chi connectivity index (χ1) is 18.2. The predicted molar refractivity (Wildman–Crippen MR) is 144 cm³/mol. The van der Waals surface area contributed by atoms with E-state index in [9.17, 15) is 9.59 Å². The summed E-state index contributed by atoms with van der Waals surface area (Å²) in [6.07, 6.45) is 6.16. The molecular formula is C29H28N6O2. The van der Waals surface area contributed by atoms with Gasteiger partial charge in [0.15, 0.2) is 0 Å². The second-order valence-corrected chi connectivity index (χ2v) is 8.74. The Morgan fingerprint density at radius 1 is 0.784 bits per heavy atom. The molecule has 0 aliphatic carbocycles. The Balaban J connectivity index is 1.15. The van der Waals surface area contributed by atoms with E-state index >= 15 is 0 Å². The third-order valence-electron chi connectivity index (χ3n) is 6.25. The van der Waals surface area contributed by atoms with Crippen molar-refractivity contribution in [3.05, 3.63) is 108 Å². The molecule has 0 fully saturated rings. The van der Waals surface area contributed by atoms with Gasteiger partial charge in [-0.05, 0) is 47.9 Å². The molecule has 0 atom stereocenters. The van der Waals surface area contributed by atoms with Crippen LogP contribution in [-0.4, -0.2) is 39.9 Å². The Hall–Kier alpha value is -4.56. The minimum Gasteiger partial charge on any atom is -0.361 e. The third-order valence-corrected chi connectivity index (χ3v) is 6.25. The number of carbonyl (C=O) groups excluding carboxylic acids is 2. The maximum Gasteiger partial charge on any atom is 0.252 e. The van der Waals surface area contributed by atoms with E-state index in [1.54, 1.807) is 18.5 Å². The zero-order chi connectivity index (χ0) is 25.5. The lowest BCUT2D eigenvalue weighted by atomic mass is 10.0. The molecule has 186 valence electrons. The second kappa shape index (κ2) is 11.5. The lowest BCUT2D eigenvalue weighted by Crippen LogP contribution is -2.37. The van der Waals surface area contributed by atoms with Gasteiger partial charge in [-0.1, -0.05) is 36.4 Å². The van der Waals surface area contributed by atoms with E-state index in [-0.39, 0.29) is 18.4 Å². The van der Waals surface area contributed by atoms with Gasteiger partial charge in [0.2, 0.25) is 5.91 Å². The van der Waals surface area contributed by atoms with Gasteiger partial charge in [-0.15, -0.1) is 0 Å². The summed E-state index contributed by atoms with van der Waals surface area (Å²) in [6.45, 7) is 1.61. The molecule has 0 saturated heterocycles. The van der Waals surface area contributed by atoms with Crippen LogP contribution < -0.4 is 16.0 Å². The van der Waals surface area contributed by atoms with Crippen LogP contribution in [0.15, 0.2) is 85.3 Å². The Morgan fingerprint density at radius 3 is 2.51 bits per heavy atom. The highest BCUT2D eigenvalue weighted by atomic mass is 16.2. The van der Waals surface area contributed by atoms with Gasteiger partial charge in [-0.25, -0.2) is 0 Å². The molecule has 8 nitrogen and oxygen atoms in total. The average Bonchev–Trinajstić information content (AvgIpc) is 3.35. The number of benzene rings is 2. The minimum atomic E-state index is -0.308. The van der Waals surface area contributed by atoms with Crippen LogP contribution in [0.4, 0.5) is 0 Å². The van der Waals surface area contributed by atoms with Crippen LogP contribution >= 0.6 is 0 Å². The fourth-order valence-electron chi connectivity index (χ4n) is 4.39. The summed E-state index contributed by atoms with van der Waals surface area (Å²) < 4.78 is 0. The molecule has 4 N–H and O–H groups in total. The van der Waals surface area contributed by atoms with Gasteiger partial charge in [0.25, 0.3) is 5.91 Å². The smallest absolute Gasteiger partial charge is 0.252 e. The van der Waals surface area contributed by atoms with Gasteiger partial charge >= 0.3 is 0 Å². The zero-order valence-corrected chi connectivity index (χ0v) is 20.3. The predicted octanol–water partition coefficient (Wildman–Crippen LogP) is 3.49. The highest BCUT2D eigenvalue weighted by Gasteiger charge is 2.14. The zero-order valence-electron chi connectivity index (χ0n) is 20.3. The molecule has 0 spiro atoms. The van der Waals surface area contributed by atoms with Crippen molar-refractivity contribution in [1.82, 2.24) is 30.9 Å². The standard InChI is InChI=1S/C29H28N6O2/c36-27(32-15-12-20-17-34-26-9-2-1-7-23(20)26)19-35-29(37)25-11-10-21(28-24(25)8-5-14-33-28)16-30-18-22-6-3-4-13-31-22/h1-11,13-14,17,30,34H,12,15-16,18-19H2,(H,32,36)(H,35,37). The molecule has 2 amide bonds. The number of hydrogen-bond acceptors (Lipinski definition) is 5. The fraction of sp³-hybridized carbons (Fsp3) is 0.172. The molecule has 3 aromatic heterocycles. The van der Waals surface area contributed by atoms with Crippen LogP contribution in [0.3, 0.4) is 0 Å². The molecule has 0 saturated carbocycles. The molecule has 37 heavy (non-hydrogen) atoms. The first-order valence-corrected chi connectivity index (χ1v) is 12.3. The summed E-state index contributed by atoms with van der Waals surface area (Å²) in [7, 11) is 0. The largest absolute Gasteiger partial charge is 0.361 e. The maximum absolute atomic E-state index is 12.9. The summed E-state index contributed by atoms with van der Waals surface area (Å²) in [5.74, 6) is -0.538. The number of pyridine rings is 2. The maximum atomic E-state index is 12.9. The summed E-state index contributed by atoms with van der Waals surface area (Å²) in [6, 6.07) is 21.2. The Kier molecular flexibility index (Phi) is 7.47. The van der Waals surface area contributed by atoms with Crippen molar-refractivity contribution in [2.24, 2.45) is 0 Å². The molecule has 0 bridgehead atoms. The van der Waals surface area contributed by atoms with E-state index in [2.05, 4.69) is 37.0 Å². The number of aromatic nitrogens is 3. The van der Waals surface area contributed by atoms with Crippen molar-refractivity contribution in [1.29, 1.82) is 0 Å². The highest BCUT2D eigenvalue weighted by molar-refractivity contribution is 6.07. The molecule has 5 aromatic rings. The molecular weight excluding hydrogens is 464 g/mol. The molecule has 3 heterocycles. The van der Waals surface area contributed by atoms with E-state index in [4.69, 9.17) is 0 Å². The van der Waals surface area contributed by atoms with Crippen LogP contribution in [0.25, 0.3) is 21.8 Å². The number of nitrogens with zero attached hydrogens (tertiary/aromatic N) is 2. The van der Waals surface area contributed by atoms with Gasteiger partial charge in [-0.2, -0.15) is 0 Å². The van der Waals surface area contributed by atoms with Crippen molar-refractivity contribution in [3.8, 4) is 0 Å². The quantitative estimate of drug-likeness (QED) is 0.239. The normalized spacial score (nSPS) is 11.0. The number of hydrogen-bond donors (Lipinski definition) is 4. The molecule has 2 aromatic carbocycles. The Morgan fingerprint density at radius 2 is 1.62 bits per heavy atom. The SMILES string of the molecule is O=C(CNC(=O)c1ccc(CNCc2ccccn2)c2ncccc12)NCCc1c[nH]c2ccccc12. The number of carbonyl (C=O) groups is 2. The lowest BCUT2D eigenvalue weighted by Gasteiger charge is -2.12. The Bertz CT molecular complexity index is 1530. The van der Waals surface area contributed by atoms with Gasteiger partial charge < -0.3 is 20.9 Å². The first kappa shape index (κ1) is 24.1. The number of aromatic amines is 1. The van der Waals surface area contributed by atoms with Crippen LogP contribution in [0, 0.1) is 0 Å². The summed E-state index contributed by atoms with van der Waals surface area (Å²) in [4.78, 5) is 37.4. The number of nitrogens with one attached hydrogen (secondary N) is 4. The number of rotatable bonds is 10. The van der Waals surface area contributed by atoms with Gasteiger partial charge in [0, 0.05) is 60.1 Å². The number of H-pyrrole nitrogens is 1. The number of fused-ring (bicyclic) bond motifs is 2. The summed E-state index contributed by atoms with van der Waals surface area (Å²) >= 11 is 0. The summed E-state index contributed by atoms with van der Waals surface area (Å²) in [5, 5.41) is 10.9. The lowest BCUT2D eigenvalue weighted by molar-refractivity contribution is -0.120. The van der Waals surface area contributed by atoms with Crippen LogP contribution in [0.2, 0.25) is 0 Å². The second-order valence-electron chi connectivity index (χ2n) is 8.74. The van der Waals surface area contributed by atoms with Gasteiger partial charge in [-0.3, -0.25) is 19.6 Å². The topological polar surface area (TPSA) is 112 Å². The summed E-state index contributed by atoms with van der Waals surface area (Å²) in [5.41, 5.74) is 5.41. The molecule has 0 aliphatic rings. The highest BCUT2D eigenvalue weighted by Crippen LogP contribution is 2.21. The molecule has 0 radical (unpaired) electrons. The van der Waals surface area contributed by atoms with E-state index < -0.39 is 0 Å². The van der Waals surface area contributed by atoms with Crippen molar-refractivity contribution in [2.45, 2.75) is 19.5 Å². The number of para-hydroxylation sites is 1. The average molecular weight is 493 g/mol. The molecule has 0 aliphatic heterocycles. The van der Waals surface area contributed by atoms with Gasteiger partial charge in [0.1, 0.15) is 0 Å². The first-order valence-electron chi connectivity index (χ1n) is 12.3. The third kappa shape index (κ3) is 5.82. The van der Waals surface area contributed by atoms with E-state index in [0.717, 1.165) is 38.6 Å². The monoisotopic (exact) mass is 492 g/mol. The van der Waals surface area contributed by atoms with Crippen molar-refractivity contribution in [2.75, 3.05) is 13.1 Å². The van der Waals surface area contributed by atoms with E-state index in [0.29, 0.717) is 31.6 Å². The molecule has 5 rings (SSSR count). The Labute approximate surface area is 214 Å². The van der Waals surface area contributed by atoms with Crippen LogP contribution in [0.5, 0.6) is 0 Å². The van der Waals surface area contributed by atoms with Crippen molar-refractivity contribution >= 4 is 33.6 Å². The molecule has 8 heteroatoms. The van der Waals surface area contributed by atoms with Crippen molar-refractivity contribution in [3.63, 3.8) is 0 Å². The molecule has 0 unspecified atom stereocenters. The minimum absolute atomic E-state index is 0.0954. The number of amides is 2. The van der Waals surface area contributed by atoms with Gasteiger partial charge in [0.05, 0.1) is 17.8 Å². The fourth-order valence-corrected chi connectivity index (χ4v) is 4.39. The van der Waals surface area contributed by atoms with E-state index in [1.165, 1.54) is 0 Å². The van der Waals surface area contributed by atoms with Crippen molar-refractivity contribution < 1.29 is 9.59 Å². The van der Waals surface area contributed by atoms with Crippen LogP contribution in [0.1, 0.15) is 27.2 Å². The van der Waals surface area contributed by atoms with Crippen LogP contribution in [-0.2, 0) is 24.3 Å².